The van der Waals surface area contributed by atoms with Crippen molar-refractivity contribution in [2.75, 3.05) is 26.2 Å². The molecular formula is C19H30N2O2. The van der Waals surface area contributed by atoms with Gasteiger partial charge in [-0.25, -0.2) is 0 Å². The van der Waals surface area contributed by atoms with E-state index in [1.54, 1.807) is 0 Å². The molecule has 4 nitrogen and oxygen atoms in total. The lowest BCUT2D eigenvalue weighted by Gasteiger charge is -2.26. The molecule has 4 heteroatoms. The fraction of sp³-hybridized carbons (Fsp3) is 0.632. The average molecular weight is 318 g/mol. The molecule has 23 heavy (non-hydrogen) atoms. The standard InChI is InChI=1S/C19H30N2O2/c1-3-17(23-18-11-6-5-10-16(18)2)19(22)20-12-9-15-21-13-7-4-8-14-21/h5-6,10-11,17H,3-4,7-9,12-15H2,1-2H3,(H,20,22)/t17-/m1/s1. The Kier molecular flexibility index (Phi) is 7.40. The summed E-state index contributed by atoms with van der Waals surface area (Å²) >= 11 is 0. The lowest BCUT2D eigenvalue weighted by atomic mass is 10.1. The number of ether oxygens (including phenoxy) is 1. The molecule has 1 aliphatic rings. The van der Waals surface area contributed by atoms with Gasteiger partial charge in [-0.15, -0.1) is 0 Å². The summed E-state index contributed by atoms with van der Waals surface area (Å²) in [6, 6.07) is 7.83. The summed E-state index contributed by atoms with van der Waals surface area (Å²) in [5, 5.41) is 3.02. The maximum absolute atomic E-state index is 12.3. The van der Waals surface area contributed by atoms with Gasteiger partial charge in [-0.3, -0.25) is 4.79 Å². The lowest BCUT2D eigenvalue weighted by Crippen LogP contribution is -2.39. The van der Waals surface area contributed by atoms with Crippen LogP contribution >= 0.6 is 0 Å². The average Bonchev–Trinajstić information content (AvgIpc) is 2.59. The molecule has 0 saturated carbocycles. The summed E-state index contributed by atoms with van der Waals surface area (Å²) in [5.74, 6) is 0.789. The highest BCUT2D eigenvalue weighted by atomic mass is 16.5. The van der Waals surface area contributed by atoms with E-state index < -0.39 is 6.10 Å². The summed E-state index contributed by atoms with van der Waals surface area (Å²) < 4.78 is 5.88. The van der Waals surface area contributed by atoms with E-state index in [4.69, 9.17) is 4.74 Å². The molecule has 1 heterocycles. The van der Waals surface area contributed by atoms with Gasteiger partial charge >= 0.3 is 0 Å². The van der Waals surface area contributed by atoms with Gasteiger partial charge in [-0.1, -0.05) is 31.5 Å². The number of hydrogen-bond acceptors (Lipinski definition) is 3. The molecule has 0 aromatic heterocycles. The molecule has 1 aromatic rings. The minimum Gasteiger partial charge on any atom is -0.480 e. The first-order chi connectivity index (χ1) is 11.2. The van der Waals surface area contributed by atoms with Crippen molar-refractivity contribution in [3.63, 3.8) is 0 Å². The number of likely N-dealkylation sites (tertiary alicyclic amines) is 1. The normalized spacial score (nSPS) is 16.8. The van der Waals surface area contributed by atoms with Crippen molar-refractivity contribution >= 4 is 5.91 Å². The minimum atomic E-state index is -0.411. The maximum atomic E-state index is 12.3. The van der Waals surface area contributed by atoms with E-state index in [2.05, 4.69) is 10.2 Å². The van der Waals surface area contributed by atoms with E-state index in [9.17, 15) is 4.79 Å². The number of amides is 1. The molecule has 2 rings (SSSR count). The minimum absolute atomic E-state index is 0.00519. The zero-order valence-electron chi connectivity index (χ0n) is 14.5. The molecule has 1 fully saturated rings. The van der Waals surface area contributed by atoms with Crippen LogP contribution in [0.2, 0.25) is 0 Å². The van der Waals surface area contributed by atoms with Crippen LogP contribution in [-0.2, 0) is 4.79 Å². The smallest absolute Gasteiger partial charge is 0.261 e. The van der Waals surface area contributed by atoms with E-state index in [0.717, 1.165) is 30.8 Å². The first-order valence-electron chi connectivity index (χ1n) is 8.93. The van der Waals surface area contributed by atoms with Crippen molar-refractivity contribution in [2.24, 2.45) is 0 Å². The Hall–Kier alpha value is -1.55. The van der Waals surface area contributed by atoms with E-state index in [0.29, 0.717) is 6.42 Å². The van der Waals surface area contributed by atoms with Crippen LogP contribution in [0.25, 0.3) is 0 Å². The van der Waals surface area contributed by atoms with Crippen LogP contribution in [0.4, 0.5) is 0 Å². The largest absolute Gasteiger partial charge is 0.480 e. The quantitative estimate of drug-likeness (QED) is 0.749. The highest BCUT2D eigenvalue weighted by molar-refractivity contribution is 5.81. The first kappa shape index (κ1) is 17.8. The van der Waals surface area contributed by atoms with E-state index >= 15 is 0 Å². The van der Waals surface area contributed by atoms with Gasteiger partial charge in [0.25, 0.3) is 5.91 Å². The number of nitrogens with zero attached hydrogens (tertiary/aromatic N) is 1. The zero-order valence-corrected chi connectivity index (χ0v) is 14.5. The zero-order chi connectivity index (χ0) is 16.5. The van der Waals surface area contributed by atoms with E-state index in [-0.39, 0.29) is 5.91 Å². The Labute approximate surface area is 140 Å². The third kappa shape index (κ3) is 5.87. The van der Waals surface area contributed by atoms with E-state index in [1.165, 1.54) is 32.4 Å². The van der Waals surface area contributed by atoms with Crippen molar-refractivity contribution in [2.45, 2.75) is 52.1 Å². The monoisotopic (exact) mass is 318 g/mol. The Morgan fingerprint density at radius 3 is 2.70 bits per heavy atom. The van der Waals surface area contributed by atoms with Crippen LogP contribution < -0.4 is 10.1 Å². The van der Waals surface area contributed by atoms with Crippen LogP contribution in [0.3, 0.4) is 0 Å². The van der Waals surface area contributed by atoms with Gasteiger partial charge in [0.05, 0.1) is 0 Å². The Morgan fingerprint density at radius 1 is 1.26 bits per heavy atom. The van der Waals surface area contributed by atoms with E-state index in [1.807, 2.05) is 38.1 Å². The van der Waals surface area contributed by atoms with Gasteiger partial charge in [0.1, 0.15) is 5.75 Å². The fourth-order valence-electron chi connectivity index (χ4n) is 2.98. The summed E-state index contributed by atoms with van der Waals surface area (Å²) in [7, 11) is 0. The molecule has 0 bridgehead atoms. The van der Waals surface area contributed by atoms with Crippen LogP contribution in [0.1, 0.15) is 44.6 Å². The molecule has 0 aliphatic carbocycles. The van der Waals surface area contributed by atoms with Crippen LogP contribution in [0.5, 0.6) is 5.75 Å². The number of nitrogens with one attached hydrogen (secondary N) is 1. The summed E-state index contributed by atoms with van der Waals surface area (Å²) in [4.78, 5) is 14.8. The first-order valence-corrected chi connectivity index (χ1v) is 8.93. The number of piperidine rings is 1. The topological polar surface area (TPSA) is 41.6 Å². The fourth-order valence-corrected chi connectivity index (χ4v) is 2.98. The van der Waals surface area contributed by atoms with Gasteiger partial charge < -0.3 is 15.0 Å². The molecular weight excluding hydrogens is 288 g/mol. The maximum Gasteiger partial charge on any atom is 0.261 e. The molecule has 1 saturated heterocycles. The van der Waals surface area contributed by atoms with Crippen LogP contribution in [0.15, 0.2) is 24.3 Å². The van der Waals surface area contributed by atoms with Gasteiger partial charge in [-0.2, -0.15) is 0 Å². The third-order valence-electron chi connectivity index (χ3n) is 4.43. The second kappa shape index (κ2) is 9.56. The molecule has 128 valence electrons. The van der Waals surface area contributed by atoms with Crippen LogP contribution in [-0.4, -0.2) is 43.1 Å². The molecule has 1 N–H and O–H groups in total. The molecule has 0 unspecified atom stereocenters. The number of carbonyl (C=O) groups excluding carboxylic acids is 1. The second-order valence-corrected chi connectivity index (χ2v) is 6.33. The van der Waals surface area contributed by atoms with Crippen molar-refractivity contribution < 1.29 is 9.53 Å². The number of carbonyl (C=O) groups is 1. The second-order valence-electron chi connectivity index (χ2n) is 6.33. The molecule has 0 spiro atoms. The van der Waals surface area contributed by atoms with Gasteiger partial charge in [0.15, 0.2) is 6.10 Å². The number of para-hydroxylation sites is 1. The SMILES string of the molecule is CC[C@@H](Oc1ccccc1C)C(=O)NCCCN1CCCCC1. The molecule has 1 aromatic carbocycles. The summed E-state index contributed by atoms with van der Waals surface area (Å²) in [6.07, 6.45) is 5.26. The number of aryl methyl sites for hydroxylation is 1. The predicted molar refractivity (Wildman–Crippen MR) is 93.8 cm³/mol. The number of hydrogen-bond donors (Lipinski definition) is 1. The van der Waals surface area contributed by atoms with Gasteiger partial charge in [-0.05, 0) is 63.9 Å². The molecule has 1 atom stereocenters. The summed E-state index contributed by atoms with van der Waals surface area (Å²) in [5.41, 5.74) is 1.06. The van der Waals surface area contributed by atoms with Crippen molar-refractivity contribution in [1.82, 2.24) is 10.2 Å². The number of benzene rings is 1. The van der Waals surface area contributed by atoms with Gasteiger partial charge in [0, 0.05) is 6.54 Å². The van der Waals surface area contributed by atoms with Crippen molar-refractivity contribution in [3.05, 3.63) is 29.8 Å². The Morgan fingerprint density at radius 2 is 2.00 bits per heavy atom. The summed E-state index contributed by atoms with van der Waals surface area (Å²) in [6.45, 7) is 8.21. The molecule has 0 radical (unpaired) electrons. The Balaban J connectivity index is 1.71. The third-order valence-corrected chi connectivity index (χ3v) is 4.43. The molecule has 1 amide bonds. The van der Waals surface area contributed by atoms with Crippen LogP contribution in [0, 0.1) is 6.92 Å². The lowest BCUT2D eigenvalue weighted by molar-refractivity contribution is -0.128. The van der Waals surface area contributed by atoms with Crippen molar-refractivity contribution in [3.8, 4) is 5.75 Å². The highest BCUT2D eigenvalue weighted by Crippen LogP contribution is 2.18. The van der Waals surface area contributed by atoms with Gasteiger partial charge in [0.2, 0.25) is 0 Å². The number of rotatable bonds is 8. The molecule has 1 aliphatic heterocycles. The highest BCUT2D eigenvalue weighted by Gasteiger charge is 2.18. The Bertz CT molecular complexity index is 484. The predicted octanol–water partition coefficient (Wildman–Crippen LogP) is 3.14. The van der Waals surface area contributed by atoms with Crippen molar-refractivity contribution in [1.29, 1.82) is 0 Å².